The summed E-state index contributed by atoms with van der Waals surface area (Å²) >= 11 is 7.06. The minimum atomic E-state index is -0.270. The molecule has 0 spiro atoms. The summed E-state index contributed by atoms with van der Waals surface area (Å²) in [6, 6.07) is 8.15. The van der Waals surface area contributed by atoms with Crippen LogP contribution in [0.25, 0.3) is 0 Å². The number of nitrogens with zero attached hydrogens (tertiary/aromatic N) is 2. The zero-order chi connectivity index (χ0) is 16.3. The first kappa shape index (κ1) is 16.6. The van der Waals surface area contributed by atoms with Crippen LogP contribution in [0.1, 0.15) is 37.5 Å². The minimum absolute atomic E-state index is 0.241. The molecule has 0 unspecified atom stereocenters. The van der Waals surface area contributed by atoms with Gasteiger partial charge in [0.1, 0.15) is 28.0 Å². The fourth-order valence-electron chi connectivity index (χ4n) is 1.90. The summed E-state index contributed by atoms with van der Waals surface area (Å²) in [5.74, 6) is 0.842. The zero-order valence-corrected chi connectivity index (χ0v) is 14.6. The first-order valence-electron chi connectivity index (χ1n) is 6.88. The Kier molecular flexibility index (Phi) is 4.94. The molecule has 0 aliphatic rings. The lowest BCUT2D eigenvalue weighted by atomic mass is 10.1. The molecular formula is C16H18ClN3OS. The van der Waals surface area contributed by atoms with Gasteiger partial charge >= 0.3 is 0 Å². The number of rotatable bonds is 4. The Labute approximate surface area is 139 Å². The molecule has 1 heterocycles. The average molecular weight is 336 g/mol. The van der Waals surface area contributed by atoms with Gasteiger partial charge in [-0.2, -0.15) is 9.64 Å². The van der Waals surface area contributed by atoms with Crippen molar-refractivity contribution in [2.24, 2.45) is 0 Å². The fourth-order valence-corrected chi connectivity index (χ4v) is 2.83. The van der Waals surface area contributed by atoms with Gasteiger partial charge in [-0.1, -0.05) is 23.7 Å². The lowest BCUT2D eigenvalue weighted by Gasteiger charge is -2.24. The van der Waals surface area contributed by atoms with E-state index in [9.17, 15) is 0 Å². The van der Waals surface area contributed by atoms with Crippen LogP contribution >= 0.6 is 23.1 Å². The highest BCUT2D eigenvalue weighted by Gasteiger charge is 2.16. The van der Waals surface area contributed by atoms with E-state index in [0.29, 0.717) is 17.1 Å². The van der Waals surface area contributed by atoms with Crippen LogP contribution in [0, 0.1) is 18.3 Å². The summed E-state index contributed by atoms with van der Waals surface area (Å²) in [4.78, 5) is 0. The highest BCUT2D eigenvalue weighted by molar-refractivity contribution is 7.10. The summed E-state index contributed by atoms with van der Waals surface area (Å²) in [5, 5.41) is 13.2. The maximum atomic E-state index is 9.10. The number of anilines is 1. The van der Waals surface area contributed by atoms with E-state index in [4.69, 9.17) is 21.6 Å². The summed E-state index contributed by atoms with van der Waals surface area (Å²) in [5.41, 5.74) is 2.28. The van der Waals surface area contributed by atoms with Crippen LogP contribution in [0.15, 0.2) is 18.2 Å². The highest BCUT2D eigenvalue weighted by Crippen LogP contribution is 2.30. The van der Waals surface area contributed by atoms with Gasteiger partial charge in [-0.3, -0.25) is 0 Å². The number of benzene rings is 1. The smallest absolute Gasteiger partial charge is 0.162 e. The molecule has 0 saturated carbocycles. The van der Waals surface area contributed by atoms with Crippen molar-refractivity contribution in [2.75, 3.05) is 5.32 Å². The Balaban J connectivity index is 2.21. The first-order valence-corrected chi connectivity index (χ1v) is 8.03. The standard InChI is InChI=1S/C16H18ClN3OS/c1-10-5-6-11(13(7-10)21-16(2,3)4)9-19-15-12(8-18)14(17)20-22-15/h5-7,19H,9H2,1-4H3. The summed E-state index contributed by atoms with van der Waals surface area (Å²) in [7, 11) is 0. The lowest BCUT2D eigenvalue weighted by molar-refractivity contribution is 0.129. The maximum Gasteiger partial charge on any atom is 0.162 e. The molecule has 1 aromatic heterocycles. The second kappa shape index (κ2) is 6.55. The normalized spacial score (nSPS) is 11.1. The Morgan fingerprint density at radius 1 is 1.41 bits per heavy atom. The van der Waals surface area contributed by atoms with Gasteiger partial charge < -0.3 is 10.1 Å². The SMILES string of the molecule is Cc1ccc(CNc2snc(Cl)c2C#N)c(OC(C)(C)C)c1. The zero-order valence-electron chi connectivity index (χ0n) is 13.0. The number of aromatic nitrogens is 1. The molecule has 0 radical (unpaired) electrons. The van der Waals surface area contributed by atoms with Crippen molar-refractivity contribution >= 4 is 28.1 Å². The Morgan fingerprint density at radius 2 is 2.14 bits per heavy atom. The molecule has 0 fully saturated rings. The van der Waals surface area contributed by atoms with Gasteiger partial charge in [0.2, 0.25) is 0 Å². The second-order valence-electron chi connectivity index (χ2n) is 5.97. The molecule has 6 heteroatoms. The van der Waals surface area contributed by atoms with E-state index < -0.39 is 0 Å². The van der Waals surface area contributed by atoms with E-state index in [1.54, 1.807) is 0 Å². The molecule has 22 heavy (non-hydrogen) atoms. The Bertz CT molecular complexity index is 713. The van der Waals surface area contributed by atoms with Crippen molar-refractivity contribution in [1.82, 2.24) is 4.37 Å². The molecule has 0 aliphatic carbocycles. The van der Waals surface area contributed by atoms with Crippen LogP contribution in [0.3, 0.4) is 0 Å². The van der Waals surface area contributed by atoms with Crippen LogP contribution in [-0.2, 0) is 6.54 Å². The molecule has 0 atom stereocenters. The van der Waals surface area contributed by atoms with Gasteiger partial charge in [-0.25, -0.2) is 0 Å². The molecule has 2 rings (SSSR count). The molecule has 1 N–H and O–H groups in total. The third-order valence-electron chi connectivity index (χ3n) is 2.84. The van der Waals surface area contributed by atoms with Gasteiger partial charge in [0.25, 0.3) is 0 Å². The lowest BCUT2D eigenvalue weighted by Crippen LogP contribution is -2.24. The molecule has 0 amide bonds. The van der Waals surface area contributed by atoms with E-state index >= 15 is 0 Å². The number of hydrogen-bond donors (Lipinski definition) is 1. The average Bonchev–Trinajstić information content (AvgIpc) is 2.76. The second-order valence-corrected chi connectivity index (χ2v) is 7.10. The number of hydrogen-bond acceptors (Lipinski definition) is 5. The maximum absolute atomic E-state index is 9.10. The number of ether oxygens (including phenoxy) is 1. The molecule has 1 aromatic carbocycles. The summed E-state index contributed by atoms with van der Waals surface area (Å²) < 4.78 is 10.0. The predicted molar refractivity (Wildman–Crippen MR) is 90.7 cm³/mol. The van der Waals surface area contributed by atoms with Crippen LogP contribution in [0.5, 0.6) is 5.75 Å². The van der Waals surface area contributed by atoms with Gasteiger partial charge in [-0.05, 0) is 50.9 Å². The largest absolute Gasteiger partial charge is 0.488 e. The van der Waals surface area contributed by atoms with Gasteiger partial charge in [0, 0.05) is 12.1 Å². The van der Waals surface area contributed by atoms with E-state index in [1.165, 1.54) is 11.5 Å². The van der Waals surface area contributed by atoms with Gasteiger partial charge in [0.05, 0.1) is 0 Å². The number of nitriles is 1. The van der Waals surface area contributed by atoms with Gasteiger partial charge in [-0.15, -0.1) is 0 Å². The molecule has 0 aliphatic heterocycles. The van der Waals surface area contributed by atoms with Crippen molar-refractivity contribution in [1.29, 1.82) is 5.26 Å². The van der Waals surface area contributed by atoms with Crippen LogP contribution in [-0.4, -0.2) is 9.97 Å². The van der Waals surface area contributed by atoms with Crippen molar-refractivity contribution < 1.29 is 4.74 Å². The van der Waals surface area contributed by atoms with Crippen LogP contribution < -0.4 is 10.1 Å². The van der Waals surface area contributed by atoms with Crippen molar-refractivity contribution in [2.45, 2.75) is 39.8 Å². The molecule has 2 aromatic rings. The molecule has 4 nitrogen and oxygen atoms in total. The summed E-state index contributed by atoms with van der Waals surface area (Å²) in [6.07, 6.45) is 0. The predicted octanol–water partition coefficient (Wildman–Crippen LogP) is 4.77. The van der Waals surface area contributed by atoms with E-state index in [-0.39, 0.29) is 10.8 Å². The molecule has 0 bridgehead atoms. The van der Waals surface area contributed by atoms with E-state index in [1.807, 2.05) is 45.9 Å². The number of nitrogens with one attached hydrogen (secondary N) is 1. The highest BCUT2D eigenvalue weighted by atomic mass is 35.5. The topological polar surface area (TPSA) is 57.9 Å². The Hall–Kier alpha value is -1.77. The summed E-state index contributed by atoms with van der Waals surface area (Å²) in [6.45, 7) is 8.62. The van der Waals surface area contributed by atoms with E-state index in [2.05, 4.69) is 15.8 Å². The number of halogens is 1. The number of aryl methyl sites for hydroxylation is 1. The molecule has 116 valence electrons. The minimum Gasteiger partial charge on any atom is -0.488 e. The third kappa shape index (κ3) is 4.12. The molecular weight excluding hydrogens is 318 g/mol. The quantitative estimate of drug-likeness (QED) is 0.874. The monoisotopic (exact) mass is 335 g/mol. The Morgan fingerprint density at radius 3 is 2.77 bits per heavy atom. The molecule has 0 saturated heterocycles. The first-order chi connectivity index (χ1) is 10.3. The van der Waals surface area contributed by atoms with E-state index in [0.717, 1.165) is 16.9 Å². The van der Waals surface area contributed by atoms with Gasteiger partial charge in [0.15, 0.2) is 5.15 Å². The third-order valence-corrected chi connectivity index (χ3v) is 4.02. The van der Waals surface area contributed by atoms with Crippen molar-refractivity contribution in [3.63, 3.8) is 0 Å². The fraction of sp³-hybridized carbons (Fsp3) is 0.375. The van der Waals surface area contributed by atoms with Crippen molar-refractivity contribution in [3.05, 3.63) is 40.0 Å². The van der Waals surface area contributed by atoms with Crippen molar-refractivity contribution in [3.8, 4) is 11.8 Å². The van der Waals surface area contributed by atoms with Crippen LogP contribution in [0.4, 0.5) is 5.00 Å². The van der Waals surface area contributed by atoms with Crippen LogP contribution in [0.2, 0.25) is 5.15 Å².